The van der Waals surface area contributed by atoms with Crippen LogP contribution in [0.25, 0.3) is 0 Å². The molecule has 2 nitrogen and oxygen atoms in total. The lowest BCUT2D eigenvalue weighted by molar-refractivity contribution is 0.475. The van der Waals surface area contributed by atoms with Crippen LogP contribution < -0.4 is 5.73 Å². The summed E-state index contributed by atoms with van der Waals surface area (Å²) >= 11 is 0. The number of nitrogen functional groups attached to an aromatic ring is 1. The number of hydrogen-bond donors (Lipinski definition) is 2. The van der Waals surface area contributed by atoms with Gasteiger partial charge in [0.05, 0.1) is 0 Å². The zero-order valence-electron chi connectivity index (χ0n) is 9.64. The number of aromatic hydroxyl groups is 1. The highest BCUT2D eigenvalue weighted by molar-refractivity contribution is 5.39. The van der Waals surface area contributed by atoms with Crippen molar-refractivity contribution in [2.75, 3.05) is 5.73 Å². The van der Waals surface area contributed by atoms with Crippen molar-refractivity contribution in [2.45, 2.75) is 13.8 Å². The van der Waals surface area contributed by atoms with E-state index in [1.165, 1.54) is 11.1 Å². The Morgan fingerprint density at radius 2 is 1.50 bits per heavy atom. The average Bonchev–Trinajstić information content (AvgIpc) is 2.23. The van der Waals surface area contributed by atoms with Crippen LogP contribution in [0.5, 0.6) is 5.75 Å². The molecule has 0 amide bonds. The van der Waals surface area contributed by atoms with Crippen LogP contribution in [0.1, 0.15) is 11.1 Å². The topological polar surface area (TPSA) is 46.2 Å². The molecule has 0 fully saturated rings. The van der Waals surface area contributed by atoms with Gasteiger partial charge in [0.25, 0.3) is 0 Å². The fourth-order valence-corrected chi connectivity index (χ4v) is 1.21. The summed E-state index contributed by atoms with van der Waals surface area (Å²) in [4.78, 5) is 0. The van der Waals surface area contributed by atoms with Gasteiger partial charge in [-0.15, -0.1) is 0 Å². The molecule has 3 N–H and O–H groups in total. The zero-order chi connectivity index (χ0) is 12.0. The number of aryl methyl sites for hydroxylation is 2. The van der Waals surface area contributed by atoms with Crippen LogP contribution in [0, 0.1) is 13.8 Å². The van der Waals surface area contributed by atoms with E-state index in [4.69, 9.17) is 10.8 Å². The molecule has 2 heteroatoms. The van der Waals surface area contributed by atoms with Crippen molar-refractivity contribution in [3.05, 3.63) is 59.7 Å². The summed E-state index contributed by atoms with van der Waals surface area (Å²) in [6.45, 7) is 4.01. The van der Waals surface area contributed by atoms with Gasteiger partial charge < -0.3 is 10.8 Å². The second-order valence-corrected chi connectivity index (χ2v) is 3.75. The van der Waals surface area contributed by atoms with Crippen molar-refractivity contribution < 1.29 is 5.11 Å². The van der Waals surface area contributed by atoms with Crippen LogP contribution in [-0.2, 0) is 0 Å². The summed E-state index contributed by atoms with van der Waals surface area (Å²) in [7, 11) is 0. The molecule has 0 aliphatic heterocycles. The third-order valence-corrected chi connectivity index (χ3v) is 2.08. The van der Waals surface area contributed by atoms with Crippen molar-refractivity contribution in [1.29, 1.82) is 0 Å². The van der Waals surface area contributed by atoms with Crippen LogP contribution in [0.3, 0.4) is 0 Å². The fraction of sp³-hybridized carbons (Fsp3) is 0.143. The number of nitrogens with two attached hydrogens (primary N) is 1. The molecule has 2 aromatic carbocycles. The fourth-order valence-electron chi connectivity index (χ4n) is 1.21. The second-order valence-electron chi connectivity index (χ2n) is 3.75. The van der Waals surface area contributed by atoms with Crippen LogP contribution in [0.2, 0.25) is 0 Å². The quantitative estimate of drug-likeness (QED) is 0.662. The Labute approximate surface area is 96.4 Å². The molecule has 0 atom stereocenters. The highest BCUT2D eigenvalue weighted by Gasteiger charge is 1.82. The Morgan fingerprint density at radius 1 is 0.875 bits per heavy atom. The van der Waals surface area contributed by atoms with Crippen molar-refractivity contribution >= 4 is 5.69 Å². The smallest absolute Gasteiger partial charge is 0.115 e. The maximum atomic E-state index is 8.76. The van der Waals surface area contributed by atoms with E-state index in [1.807, 2.05) is 50.2 Å². The molecule has 0 aliphatic carbocycles. The third-order valence-electron chi connectivity index (χ3n) is 2.08. The molecule has 0 spiro atoms. The van der Waals surface area contributed by atoms with E-state index >= 15 is 0 Å². The number of benzene rings is 2. The first-order valence-corrected chi connectivity index (χ1v) is 5.16. The van der Waals surface area contributed by atoms with Gasteiger partial charge in [-0.05, 0) is 43.7 Å². The number of rotatable bonds is 0. The predicted octanol–water partition coefficient (Wildman–Crippen LogP) is 3.28. The average molecular weight is 215 g/mol. The van der Waals surface area contributed by atoms with E-state index in [0.717, 1.165) is 5.69 Å². The summed E-state index contributed by atoms with van der Waals surface area (Å²) < 4.78 is 0. The van der Waals surface area contributed by atoms with Crippen LogP contribution >= 0.6 is 0 Å². The van der Waals surface area contributed by atoms with Gasteiger partial charge in [0.1, 0.15) is 5.75 Å². The minimum absolute atomic E-state index is 0.329. The van der Waals surface area contributed by atoms with Crippen molar-refractivity contribution in [3.63, 3.8) is 0 Å². The van der Waals surface area contributed by atoms with E-state index in [2.05, 4.69) is 0 Å². The monoisotopic (exact) mass is 215 g/mol. The van der Waals surface area contributed by atoms with E-state index in [0.29, 0.717) is 5.75 Å². The van der Waals surface area contributed by atoms with Crippen molar-refractivity contribution in [1.82, 2.24) is 0 Å². The summed E-state index contributed by atoms with van der Waals surface area (Å²) in [6.07, 6.45) is 0. The highest BCUT2D eigenvalue weighted by Crippen LogP contribution is 2.07. The minimum Gasteiger partial charge on any atom is -0.508 e. The molecule has 16 heavy (non-hydrogen) atoms. The summed E-state index contributed by atoms with van der Waals surface area (Å²) in [5, 5.41) is 8.76. The first-order chi connectivity index (χ1) is 7.58. The predicted molar refractivity (Wildman–Crippen MR) is 68.4 cm³/mol. The molecule has 0 saturated heterocycles. The molecule has 0 aliphatic rings. The largest absolute Gasteiger partial charge is 0.508 e. The number of phenols is 1. The normalized spacial score (nSPS) is 9.12. The van der Waals surface area contributed by atoms with E-state index in [1.54, 1.807) is 12.1 Å². The molecular weight excluding hydrogens is 198 g/mol. The van der Waals surface area contributed by atoms with Crippen molar-refractivity contribution in [3.8, 4) is 5.75 Å². The zero-order valence-corrected chi connectivity index (χ0v) is 9.64. The lowest BCUT2D eigenvalue weighted by Gasteiger charge is -1.91. The van der Waals surface area contributed by atoms with E-state index in [9.17, 15) is 0 Å². The molecule has 0 aromatic heterocycles. The van der Waals surface area contributed by atoms with Crippen molar-refractivity contribution in [2.24, 2.45) is 0 Å². The Morgan fingerprint density at radius 3 is 1.88 bits per heavy atom. The first-order valence-electron chi connectivity index (χ1n) is 5.16. The number of phenolic OH excluding ortho intramolecular Hbond substituents is 1. The Bertz CT molecular complexity index is 396. The maximum absolute atomic E-state index is 8.76. The Kier molecular flexibility index (Phi) is 4.40. The molecule has 0 unspecified atom stereocenters. The molecule has 0 bridgehead atoms. The first kappa shape index (κ1) is 12.1. The Balaban J connectivity index is 0.000000160. The van der Waals surface area contributed by atoms with Crippen LogP contribution in [-0.4, -0.2) is 5.11 Å². The van der Waals surface area contributed by atoms with Crippen LogP contribution in [0.4, 0.5) is 5.69 Å². The molecule has 2 rings (SSSR count). The van der Waals surface area contributed by atoms with Gasteiger partial charge in [-0.1, -0.05) is 29.8 Å². The SMILES string of the molecule is Cc1ccc(O)cc1.Cc1cccc(N)c1. The molecule has 2 aromatic rings. The second kappa shape index (κ2) is 5.81. The van der Waals surface area contributed by atoms with Gasteiger partial charge >= 0.3 is 0 Å². The highest BCUT2D eigenvalue weighted by atomic mass is 16.3. The van der Waals surface area contributed by atoms with Gasteiger partial charge in [-0.3, -0.25) is 0 Å². The lowest BCUT2D eigenvalue weighted by atomic mass is 10.2. The summed E-state index contributed by atoms with van der Waals surface area (Å²) in [5.74, 6) is 0.329. The van der Waals surface area contributed by atoms with Gasteiger partial charge in [0, 0.05) is 5.69 Å². The number of anilines is 1. The van der Waals surface area contributed by atoms with E-state index in [-0.39, 0.29) is 0 Å². The lowest BCUT2D eigenvalue weighted by Crippen LogP contribution is -1.82. The number of hydrogen-bond acceptors (Lipinski definition) is 2. The Hall–Kier alpha value is -1.96. The molecule has 0 saturated carbocycles. The molecular formula is C14H17NO. The van der Waals surface area contributed by atoms with Gasteiger partial charge in [-0.25, -0.2) is 0 Å². The third kappa shape index (κ3) is 4.51. The minimum atomic E-state index is 0.329. The molecule has 0 radical (unpaired) electrons. The summed E-state index contributed by atoms with van der Waals surface area (Å²) in [5.41, 5.74) is 8.68. The van der Waals surface area contributed by atoms with Gasteiger partial charge in [0.2, 0.25) is 0 Å². The van der Waals surface area contributed by atoms with Gasteiger partial charge in [-0.2, -0.15) is 0 Å². The van der Waals surface area contributed by atoms with Gasteiger partial charge in [0.15, 0.2) is 0 Å². The maximum Gasteiger partial charge on any atom is 0.115 e. The summed E-state index contributed by atoms with van der Waals surface area (Å²) in [6, 6.07) is 14.9. The standard InChI is InChI=1S/C7H9N.C7H8O/c1-6-3-2-4-7(8)5-6;1-6-2-4-7(8)5-3-6/h2-5H,8H2,1H3;2-5,8H,1H3. The molecule has 0 heterocycles. The van der Waals surface area contributed by atoms with Crippen LogP contribution in [0.15, 0.2) is 48.5 Å². The van der Waals surface area contributed by atoms with E-state index < -0.39 is 0 Å². The molecule has 84 valence electrons.